The van der Waals surface area contributed by atoms with Gasteiger partial charge in [-0.25, -0.2) is 4.39 Å². The number of nitrogens with one attached hydrogen (secondary N) is 2. The minimum Gasteiger partial charge on any atom is -0.370 e. The Morgan fingerprint density at radius 2 is 1.86 bits per heavy atom. The highest BCUT2D eigenvalue weighted by Crippen LogP contribution is 2.22. The highest BCUT2D eigenvalue weighted by atomic mass is 32.1. The number of Topliss-reactive ketones (excluding diaryl/α,β-unsaturated/α-hetero) is 1. The Labute approximate surface area is 174 Å². The number of thiophene rings is 1. The van der Waals surface area contributed by atoms with Crippen LogP contribution in [0.4, 0.5) is 4.39 Å². The maximum atomic E-state index is 13.3. The Morgan fingerprint density at radius 1 is 1.17 bits per heavy atom. The Morgan fingerprint density at radius 3 is 2.48 bits per heavy atom. The van der Waals surface area contributed by atoms with Crippen LogP contribution in [0.2, 0.25) is 0 Å². The largest absolute Gasteiger partial charge is 0.370 e. The number of benzene rings is 1. The first kappa shape index (κ1) is 21.6. The third kappa shape index (κ3) is 5.95. The van der Waals surface area contributed by atoms with E-state index in [0.717, 1.165) is 34.0 Å². The molecule has 1 atom stereocenters. The number of rotatable bonds is 8. The van der Waals surface area contributed by atoms with Crippen LogP contribution >= 0.6 is 11.3 Å². The first-order chi connectivity index (χ1) is 13.9. The lowest BCUT2D eigenvalue weighted by Crippen LogP contribution is -3.15. The van der Waals surface area contributed by atoms with Crippen molar-refractivity contribution in [1.29, 1.82) is 0 Å². The molecule has 1 fully saturated rings. The van der Waals surface area contributed by atoms with E-state index in [1.54, 1.807) is 23.5 Å². The lowest BCUT2D eigenvalue weighted by Gasteiger charge is -2.32. The third-order valence-corrected chi connectivity index (χ3v) is 6.29. The second-order valence-corrected chi connectivity index (χ2v) is 8.89. The number of hydrogen-bond donors (Lipinski definition) is 2. The monoisotopic (exact) mass is 419 g/mol. The molecule has 1 saturated heterocycles. The molecule has 2 heterocycles. The second-order valence-electron chi connectivity index (χ2n) is 7.43. The molecular formula is C22H28FN2O3S+. The van der Waals surface area contributed by atoms with E-state index in [1.807, 2.05) is 19.9 Å². The molecule has 0 bridgehead atoms. The van der Waals surface area contributed by atoms with Crippen LogP contribution in [0.3, 0.4) is 0 Å². The maximum absolute atomic E-state index is 13.3. The van der Waals surface area contributed by atoms with E-state index in [0.29, 0.717) is 19.8 Å². The number of ketones is 1. The van der Waals surface area contributed by atoms with Crippen molar-refractivity contribution < 1.29 is 23.6 Å². The molecular weight excluding hydrogens is 391 g/mol. The smallest absolute Gasteiger partial charge is 0.220 e. The highest BCUT2D eigenvalue weighted by Gasteiger charge is 2.27. The van der Waals surface area contributed by atoms with Crippen LogP contribution in [0.15, 0.2) is 30.3 Å². The number of quaternary nitrogens is 1. The normalized spacial score (nSPS) is 15.8. The summed E-state index contributed by atoms with van der Waals surface area (Å²) in [5.41, 5.74) is 1.71. The van der Waals surface area contributed by atoms with Crippen LogP contribution in [-0.2, 0) is 9.53 Å². The molecule has 29 heavy (non-hydrogen) atoms. The summed E-state index contributed by atoms with van der Waals surface area (Å²) < 4.78 is 18.8. The van der Waals surface area contributed by atoms with Crippen molar-refractivity contribution in [2.24, 2.45) is 0 Å². The minimum atomic E-state index is -0.272. The lowest BCUT2D eigenvalue weighted by atomic mass is 10.0. The fourth-order valence-electron chi connectivity index (χ4n) is 3.75. The number of carbonyl (C=O) groups is 2. The van der Waals surface area contributed by atoms with Crippen molar-refractivity contribution >= 4 is 23.0 Å². The number of carbonyl (C=O) groups excluding carboxylic acids is 2. The fourth-order valence-corrected chi connectivity index (χ4v) is 4.69. The maximum Gasteiger partial charge on any atom is 0.220 e. The van der Waals surface area contributed by atoms with Crippen molar-refractivity contribution in [1.82, 2.24) is 5.32 Å². The van der Waals surface area contributed by atoms with E-state index in [-0.39, 0.29) is 36.4 Å². The lowest BCUT2D eigenvalue weighted by molar-refractivity contribution is -0.937. The van der Waals surface area contributed by atoms with Gasteiger partial charge in [0.1, 0.15) is 24.9 Å². The number of morpholine rings is 1. The number of hydrogen-bond acceptors (Lipinski definition) is 4. The fraction of sp³-hybridized carbons (Fsp3) is 0.455. The van der Waals surface area contributed by atoms with E-state index in [9.17, 15) is 14.0 Å². The van der Waals surface area contributed by atoms with Gasteiger partial charge in [0, 0.05) is 33.7 Å². The standard InChI is InChI=1S/C22H27FN2O3S/c1-15-13-19(16(2)29-15)21(26)7-8-22(27)24-14-20(25-9-11-28-12-10-25)17-3-5-18(23)6-4-17/h3-6,13,20H,7-12,14H2,1-2H3,(H,24,27)/p+1/t20-/m0/s1. The first-order valence-corrected chi connectivity index (χ1v) is 10.8. The Kier molecular flexibility index (Phi) is 7.52. The molecule has 2 aromatic rings. The van der Waals surface area contributed by atoms with Crippen molar-refractivity contribution in [3.63, 3.8) is 0 Å². The van der Waals surface area contributed by atoms with E-state index in [4.69, 9.17) is 4.74 Å². The van der Waals surface area contributed by atoms with Gasteiger partial charge in [0.2, 0.25) is 5.91 Å². The summed E-state index contributed by atoms with van der Waals surface area (Å²) >= 11 is 1.60. The highest BCUT2D eigenvalue weighted by molar-refractivity contribution is 7.12. The Bertz CT molecular complexity index is 844. The molecule has 1 aliphatic rings. The van der Waals surface area contributed by atoms with Gasteiger partial charge in [-0.1, -0.05) is 12.1 Å². The van der Waals surface area contributed by atoms with E-state index in [2.05, 4.69) is 5.32 Å². The van der Waals surface area contributed by atoms with Crippen molar-refractivity contribution in [2.45, 2.75) is 32.7 Å². The van der Waals surface area contributed by atoms with Crippen LogP contribution in [0.1, 0.15) is 44.6 Å². The molecule has 3 rings (SSSR count). The molecule has 7 heteroatoms. The molecule has 0 saturated carbocycles. The molecule has 1 aliphatic heterocycles. The van der Waals surface area contributed by atoms with Gasteiger partial charge in [0.05, 0.1) is 19.8 Å². The van der Waals surface area contributed by atoms with Gasteiger partial charge in [-0.2, -0.15) is 0 Å². The minimum absolute atomic E-state index is 0.0101. The molecule has 0 radical (unpaired) electrons. The van der Waals surface area contributed by atoms with Crippen LogP contribution < -0.4 is 10.2 Å². The van der Waals surface area contributed by atoms with E-state index < -0.39 is 0 Å². The predicted molar refractivity (Wildman–Crippen MR) is 111 cm³/mol. The SMILES string of the molecule is Cc1cc(C(=O)CCC(=O)NC[C@@H](c2ccc(F)cc2)[NH+]2CCOCC2)c(C)s1. The topological polar surface area (TPSA) is 59.8 Å². The zero-order chi connectivity index (χ0) is 20.8. The summed E-state index contributed by atoms with van der Waals surface area (Å²) in [6.45, 7) is 7.39. The summed E-state index contributed by atoms with van der Waals surface area (Å²) in [4.78, 5) is 28.2. The predicted octanol–water partition coefficient (Wildman–Crippen LogP) is 2.24. The van der Waals surface area contributed by atoms with Crippen LogP contribution in [-0.4, -0.2) is 44.5 Å². The summed E-state index contributed by atoms with van der Waals surface area (Å²) in [7, 11) is 0. The van der Waals surface area contributed by atoms with E-state index >= 15 is 0 Å². The molecule has 156 valence electrons. The van der Waals surface area contributed by atoms with Gasteiger partial charge >= 0.3 is 0 Å². The molecule has 5 nitrogen and oxygen atoms in total. The first-order valence-electron chi connectivity index (χ1n) is 9.98. The number of ether oxygens (including phenoxy) is 1. The van der Waals surface area contributed by atoms with Crippen molar-refractivity contribution in [3.8, 4) is 0 Å². The number of aryl methyl sites for hydroxylation is 2. The zero-order valence-electron chi connectivity index (χ0n) is 16.9. The third-order valence-electron chi connectivity index (χ3n) is 5.32. The average Bonchev–Trinajstić information content (AvgIpc) is 3.06. The molecule has 1 aromatic carbocycles. The van der Waals surface area contributed by atoms with Gasteiger partial charge < -0.3 is 15.0 Å². The molecule has 1 aromatic heterocycles. The molecule has 2 N–H and O–H groups in total. The average molecular weight is 420 g/mol. The molecule has 1 amide bonds. The van der Waals surface area contributed by atoms with Gasteiger partial charge in [-0.3, -0.25) is 9.59 Å². The van der Waals surface area contributed by atoms with Crippen LogP contribution in [0.5, 0.6) is 0 Å². The van der Waals surface area contributed by atoms with Crippen LogP contribution in [0.25, 0.3) is 0 Å². The van der Waals surface area contributed by atoms with Crippen molar-refractivity contribution in [2.75, 3.05) is 32.8 Å². The number of halogens is 1. The zero-order valence-corrected chi connectivity index (χ0v) is 17.7. The summed E-state index contributed by atoms with van der Waals surface area (Å²) in [6, 6.07) is 8.38. The molecule has 0 spiro atoms. The van der Waals surface area contributed by atoms with Gasteiger partial charge in [0.25, 0.3) is 0 Å². The van der Waals surface area contributed by atoms with Gasteiger partial charge in [0.15, 0.2) is 5.78 Å². The quantitative estimate of drug-likeness (QED) is 0.645. The summed E-state index contributed by atoms with van der Waals surface area (Å²) in [6.07, 6.45) is 0.371. The van der Waals surface area contributed by atoms with Crippen LogP contribution in [0, 0.1) is 19.7 Å². The second kappa shape index (κ2) is 10.1. The number of amides is 1. The summed E-state index contributed by atoms with van der Waals surface area (Å²) in [5, 5.41) is 2.98. The van der Waals surface area contributed by atoms with Gasteiger partial charge in [-0.15, -0.1) is 11.3 Å². The molecule has 0 aliphatic carbocycles. The Hall–Kier alpha value is -2.09. The van der Waals surface area contributed by atoms with Crippen molar-refractivity contribution in [3.05, 3.63) is 57.0 Å². The Balaban J connectivity index is 1.56. The molecule has 0 unspecified atom stereocenters. The summed E-state index contributed by atoms with van der Waals surface area (Å²) in [5.74, 6) is -0.399. The van der Waals surface area contributed by atoms with Gasteiger partial charge in [-0.05, 0) is 32.0 Å². The van der Waals surface area contributed by atoms with E-state index in [1.165, 1.54) is 17.0 Å².